The predicted octanol–water partition coefficient (Wildman–Crippen LogP) is 3.39. The third kappa shape index (κ3) is 2.71. The van der Waals surface area contributed by atoms with Gasteiger partial charge in [-0.15, -0.1) is 11.3 Å². The lowest BCUT2D eigenvalue weighted by atomic mass is 9.91. The van der Waals surface area contributed by atoms with E-state index in [9.17, 15) is 10.1 Å². The van der Waals surface area contributed by atoms with Crippen LogP contribution in [-0.4, -0.2) is 30.7 Å². The quantitative estimate of drug-likeness (QED) is 0.575. The number of fused-ring (bicyclic) bond motifs is 1. The highest BCUT2D eigenvalue weighted by Crippen LogP contribution is 2.37. The fourth-order valence-electron chi connectivity index (χ4n) is 3.28. The van der Waals surface area contributed by atoms with Crippen molar-refractivity contribution >= 4 is 32.9 Å². The number of pyridine rings is 1. The Morgan fingerprint density at radius 2 is 2.17 bits per heavy atom. The van der Waals surface area contributed by atoms with Gasteiger partial charge in [0, 0.05) is 6.04 Å². The Hall–Kier alpha value is -2.55. The Morgan fingerprint density at radius 3 is 2.88 bits per heavy atom. The van der Waals surface area contributed by atoms with E-state index in [4.69, 9.17) is 0 Å². The molecule has 9 heteroatoms. The molecule has 4 rings (SSSR count). The van der Waals surface area contributed by atoms with Gasteiger partial charge in [0.1, 0.15) is 24.5 Å². The maximum absolute atomic E-state index is 11.3. The second kappa shape index (κ2) is 6.16. The zero-order chi connectivity index (χ0) is 16.5. The van der Waals surface area contributed by atoms with Crippen LogP contribution in [0.4, 0.5) is 11.4 Å². The maximum Gasteiger partial charge on any atom is 0.311 e. The molecule has 3 aromatic heterocycles. The highest BCUT2D eigenvalue weighted by molar-refractivity contribution is 7.17. The van der Waals surface area contributed by atoms with E-state index in [0.29, 0.717) is 11.7 Å². The summed E-state index contributed by atoms with van der Waals surface area (Å²) in [4.78, 5) is 19.2. The summed E-state index contributed by atoms with van der Waals surface area (Å²) in [5.41, 5.74) is 1.44. The number of nitro groups is 1. The Labute approximate surface area is 141 Å². The molecule has 24 heavy (non-hydrogen) atoms. The zero-order valence-electron chi connectivity index (χ0n) is 12.8. The van der Waals surface area contributed by atoms with Crippen LogP contribution >= 0.6 is 11.3 Å². The van der Waals surface area contributed by atoms with Crippen molar-refractivity contribution in [3.63, 3.8) is 0 Å². The van der Waals surface area contributed by atoms with Gasteiger partial charge in [0.2, 0.25) is 0 Å². The van der Waals surface area contributed by atoms with E-state index in [0.717, 1.165) is 35.9 Å². The molecule has 3 heterocycles. The predicted molar refractivity (Wildman–Crippen MR) is 91.2 cm³/mol. The molecule has 0 spiro atoms. The summed E-state index contributed by atoms with van der Waals surface area (Å²) in [6.07, 6.45) is 8.49. The average Bonchev–Trinajstić information content (AvgIpc) is 3.27. The number of nitrogens with zero attached hydrogens (tertiary/aromatic N) is 5. The molecule has 3 aromatic rings. The van der Waals surface area contributed by atoms with Gasteiger partial charge in [0.25, 0.3) is 0 Å². The second-order valence-electron chi connectivity index (χ2n) is 5.94. The molecule has 0 unspecified atom stereocenters. The van der Waals surface area contributed by atoms with Crippen LogP contribution in [0.2, 0.25) is 0 Å². The number of hydrogen-bond donors (Lipinski definition) is 1. The Kier molecular flexibility index (Phi) is 3.85. The van der Waals surface area contributed by atoms with Crippen molar-refractivity contribution in [3.05, 3.63) is 40.4 Å². The number of nitrogens with one attached hydrogen (secondary N) is 1. The van der Waals surface area contributed by atoms with Crippen LogP contribution in [0.1, 0.15) is 31.7 Å². The van der Waals surface area contributed by atoms with Gasteiger partial charge in [0.05, 0.1) is 21.2 Å². The molecule has 0 radical (unpaired) electrons. The third-order valence-corrected chi connectivity index (χ3v) is 5.43. The van der Waals surface area contributed by atoms with Crippen LogP contribution < -0.4 is 5.32 Å². The summed E-state index contributed by atoms with van der Waals surface area (Å²) < 4.78 is 2.75. The number of thiophene rings is 1. The van der Waals surface area contributed by atoms with Crippen LogP contribution in [-0.2, 0) is 0 Å². The lowest BCUT2D eigenvalue weighted by Gasteiger charge is -2.29. The number of aromatic nitrogens is 4. The molecule has 0 aromatic carbocycles. The average molecular weight is 344 g/mol. The van der Waals surface area contributed by atoms with Crippen LogP contribution in [0.15, 0.2) is 30.3 Å². The second-order valence-corrected chi connectivity index (χ2v) is 6.85. The third-order valence-electron chi connectivity index (χ3n) is 4.51. The van der Waals surface area contributed by atoms with E-state index in [-0.39, 0.29) is 16.7 Å². The molecule has 8 nitrogen and oxygen atoms in total. The molecule has 0 aliphatic heterocycles. The monoisotopic (exact) mass is 344 g/mol. The largest absolute Gasteiger partial charge is 0.375 e. The van der Waals surface area contributed by atoms with Gasteiger partial charge < -0.3 is 5.32 Å². The van der Waals surface area contributed by atoms with Crippen molar-refractivity contribution in [3.8, 4) is 0 Å². The molecule has 1 aliphatic carbocycles. The van der Waals surface area contributed by atoms with Gasteiger partial charge >= 0.3 is 5.69 Å². The van der Waals surface area contributed by atoms with E-state index >= 15 is 0 Å². The summed E-state index contributed by atoms with van der Waals surface area (Å²) in [6, 6.07) is 2.46. The van der Waals surface area contributed by atoms with Crippen LogP contribution in [0.5, 0.6) is 0 Å². The van der Waals surface area contributed by atoms with E-state index in [2.05, 4.69) is 20.4 Å². The van der Waals surface area contributed by atoms with Crippen LogP contribution in [0, 0.1) is 10.1 Å². The molecule has 1 aliphatic rings. The Morgan fingerprint density at radius 1 is 1.33 bits per heavy atom. The van der Waals surface area contributed by atoms with Crippen molar-refractivity contribution in [2.45, 2.75) is 37.8 Å². The van der Waals surface area contributed by atoms with E-state index < -0.39 is 0 Å². The first-order valence-corrected chi connectivity index (χ1v) is 8.71. The van der Waals surface area contributed by atoms with Gasteiger partial charge in [0.15, 0.2) is 0 Å². The summed E-state index contributed by atoms with van der Waals surface area (Å²) in [6.45, 7) is 0. The molecule has 1 N–H and O–H groups in total. The Balaban J connectivity index is 1.54. The molecule has 124 valence electrons. The summed E-state index contributed by atoms with van der Waals surface area (Å²) in [5.74, 6) is 0. The maximum atomic E-state index is 11.3. The summed E-state index contributed by atoms with van der Waals surface area (Å²) >= 11 is 1.48. The SMILES string of the molecule is O=[N+]([O-])c1cnc2ccsc2c1N[C@H]1CC[C@@H](n2cncn2)CC1. The molecule has 1 fully saturated rings. The first-order valence-electron chi connectivity index (χ1n) is 7.83. The minimum Gasteiger partial charge on any atom is -0.375 e. The molecule has 0 amide bonds. The highest BCUT2D eigenvalue weighted by Gasteiger charge is 2.26. The molecule has 0 atom stereocenters. The molecule has 0 saturated heterocycles. The summed E-state index contributed by atoms with van der Waals surface area (Å²) in [7, 11) is 0. The molecular formula is C15H16N6O2S. The minimum absolute atomic E-state index is 0.0448. The van der Waals surface area contributed by atoms with Gasteiger partial charge in [-0.3, -0.25) is 10.1 Å². The fraction of sp³-hybridized carbons (Fsp3) is 0.400. The van der Waals surface area contributed by atoms with Crippen LogP contribution in [0.25, 0.3) is 10.2 Å². The van der Waals surface area contributed by atoms with Crippen molar-refractivity contribution in [2.75, 3.05) is 5.32 Å². The fourth-order valence-corrected chi connectivity index (χ4v) is 4.13. The van der Waals surface area contributed by atoms with Crippen molar-refractivity contribution in [1.82, 2.24) is 19.7 Å². The van der Waals surface area contributed by atoms with E-state index in [1.54, 1.807) is 12.7 Å². The standard InChI is InChI=1S/C15H16N6O2S/c22-21(23)13-7-17-12-5-6-24-15(12)14(13)19-10-1-3-11(4-2-10)20-9-16-8-18-20/h5-11H,1-4H2,(H,17,19)/t10-,11+. The topological polar surface area (TPSA) is 98.8 Å². The molecule has 1 saturated carbocycles. The number of anilines is 1. The Bertz CT molecular complexity index is 854. The lowest BCUT2D eigenvalue weighted by molar-refractivity contribution is -0.384. The zero-order valence-corrected chi connectivity index (χ0v) is 13.6. The molecular weight excluding hydrogens is 328 g/mol. The van der Waals surface area contributed by atoms with E-state index in [1.165, 1.54) is 17.5 Å². The first-order chi connectivity index (χ1) is 11.7. The highest BCUT2D eigenvalue weighted by atomic mass is 32.1. The first kappa shape index (κ1) is 15.0. The van der Waals surface area contributed by atoms with E-state index in [1.807, 2.05) is 16.1 Å². The smallest absolute Gasteiger partial charge is 0.311 e. The number of rotatable bonds is 4. The van der Waals surface area contributed by atoms with Crippen molar-refractivity contribution < 1.29 is 4.92 Å². The number of hydrogen-bond acceptors (Lipinski definition) is 7. The van der Waals surface area contributed by atoms with Gasteiger partial charge in [-0.05, 0) is 37.1 Å². The molecule has 0 bridgehead atoms. The lowest BCUT2D eigenvalue weighted by Crippen LogP contribution is -2.28. The van der Waals surface area contributed by atoms with Crippen molar-refractivity contribution in [1.29, 1.82) is 0 Å². The van der Waals surface area contributed by atoms with Crippen molar-refractivity contribution in [2.24, 2.45) is 0 Å². The summed E-state index contributed by atoms with van der Waals surface area (Å²) in [5, 5.41) is 20.9. The van der Waals surface area contributed by atoms with Gasteiger partial charge in [-0.1, -0.05) is 0 Å². The van der Waals surface area contributed by atoms with Gasteiger partial charge in [-0.25, -0.2) is 14.6 Å². The minimum atomic E-state index is -0.366. The normalized spacial score (nSPS) is 21.0. The van der Waals surface area contributed by atoms with Gasteiger partial charge in [-0.2, -0.15) is 5.10 Å². The van der Waals surface area contributed by atoms with Crippen LogP contribution in [0.3, 0.4) is 0 Å².